The van der Waals surface area contributed by atoms with Gasteiger partial charge in [0.15, 0.2) is 5.11 Å². The van der Waals surface area contributed by atoms with Crippen molar-refractivity contribution in [3.8, 4) is 0 Å². The highest BCUT2D eigenvalue weighted by atomic mass is 32.1. The molecule has 0 bridgehead atoms. The quantitative estimate of drug-likeness (QED) is 0.765. The summed E-state index contributed by atoms with van der Waals surface area (Å²) >= 11 is 5.19. The minimum absolute atomic E-state index is 0.103. The Bertz CT molecular complexity index is 341. The number of thiocarbonyl (C=S) groups is 1. The van der Waals surface area contributed by atoms with Crippen LogP contribution in [0.4, 0.5) is 5.69 Å². The van der Waals surface area contributed by atoms with Crippen LogP contribution in [0.2, 0.25) is 0 Å². The van der Waals surface area contributed by atoms with Crippen molar-refractivity contribution in [1.82, 2.24) is 4.90 Å². The van der Waals surface area contributed by atoms with Crippen LogP contribution >= 0.6 is 12.2 Å². The highest BCUT2D eigenvalue weighted by Crippen LogP contribution is 2.13. The first-order valence-corrected chi connectivity index (χ1v) is 5.24. The molecule has 0 spiro atoms. The van der Waals surface area contributed by atoms with Gasteiger partial charge >= 0.3 is 0 Å². The third kappa shape index (κ3) is 3.49. The van der Waals surface area contributed by atoms with Gasteiger partial charge in [-0.25, -0.2) is 0 Å². The van der Waals surface area contributed by atoms with Crippen LogP contribution < -0.4 is 5.32 Å². The number of hydrogen-bond donors (Lipinski definition) is 2. The van der Waals surface area contributed by atoms with Crippen molar-refractivity contribution in [1.29, 1.82) is 0 Å². The Morgan fingerprint density at radius 1 is 1.47 bits per heavy atom. The molecule has 0 aromatic heterocycles. The summed E-state index contributed by atoms with van der Waals surface area (Å²) in [5.41, 5.74) is 2.16. The number of likely N-dealkylation sites (N-methyl/N-ethyl adjacent to an activating group) is 1. The van der Waals surface area contributed by atoms with Gasteiger partial charge in [0.2, 0.25) is 0 Å². The lowest BCUT2D eigenvalue weighted by atomic mass is 10.2. The van der Waals surface area contributed by atoms with Crippen LogP contribution in [0.15, 0.2) is 24.3 Å². The van der Waals surface area contributed by atoms with Crippen molar-refractivity contribution in [2.24, 2.45) is 0 Å². The first-order valence-electron chi connectivity index (χ1n) is 4.83. The molecule has 0 aliphatic carbocycles. The molecule has 3 nitrogen and oxygen atoms in total. The van der Waals surface area contributed by atoms with Crippen molar-refractivity contribution in [3.63, 3.8) is 0 Å². The molecule has 0 heterocycles. The Labute approximate surface area is 95.7 Å². The minimum Gasteiger partial charge on any atom is -0.395 e. The summed E-state index contributed by atoms with van der Waals surface area (Å²) in [6, 6.07) is 7.95. The molecule has 0 atom stereocenters. The van der Waals surface area contributed by atoms with E-state index in [0.29, 0.717) is 11.7 Å². The van der Waals surface area contributed by atoms with Crippen molar-refractivity contribution >= 4 is 23.0 Å². The molecule has 0 saturated carbocycles. The monoisotopic (exact) mass is 224 g/mol. The van der Waals surface area contributed by atoms with Crippen molar-refractivity contribution in [2.45, 2.75) is 6.92 Å². The second-order valence-corrected chi connectivity index (χ2v) is 3.78. The predicted molar refractivity (Wildman–Crippen MR) is 67.1 cm³/mol. The maximum atomic E-state index is 8.78. The van der Waals surface area contributed by atoms with E-state index in [1.807, 2.05) is 43.1 Å². The number of anilines is 1. The molecule has 0 radical (unpaired) electrons. The lowest BCUT2D eigenvalue weighted by Crippen LogP contribution is -2.33. The highest BCUT2D eigenvalue weighted by Gasteiger charge is 2.04. The molecule has 1 aromatic carbocycles. The molecule has 2 N–H and O–H groups in total. The Kier molecular flexibility index (Phi) is 4.52. The van der Waals surface area contributed by atoms with Gasteiger partial charge in [0.1, 0.15) is 0 Å². The summed E-state index contributed by atoms with van der Waals surface area (Å²) in [6.45, 7) is 2.67. The summed E-state index contributed by atoms with van der Waals surface area (Å²) in [5.74, 6) is 0. The maximum absolute atomic E-state index is 8.78. The van der Waals surface area contributed by atoms with E-state index >= 15 is 0 Å². The molecule has 0 amide bonds. The van der Waals surface area contributed by atoms with Crippen molar-refractivity contribution < 1.29 is 5.11 Å². The largest absolute Gasteiger partial charge is 0.395 e. The Morgan fingerprint density at radius 3 is 2.73 bits per heavy atom. The predicted octanol–water partition coefficient (Wildman–Crippen LogP) is 1.62. The summed E-state index contributed by atoms with van der Waals surface area (Å²) < 4.78 is 0. The summed E-state index contributed by atoms with van der Waals surface area (Å²) in [7, 11) is 1.85. The number of para-hydroxylation sites is 1. The van der Waals surface area contributed by atoms with Crippen LogP contribution in [-0.2, 0) is 0 Å². The van der Waals surface area contributed by atoms with Gasteiger partial charge in [0, 0.05) is 19.3 Å². The lowest BCUT2D eigenvalue weighted by molar-refractivity contribution is 0.265. The van der Waals surface area contributed by atoms with Crippen LogP contribution in [-0.4, -0.2) is 35.3 Å². The standard InChI is InChI=1S/C11H16N2OS/c1-9-5-3-4-6-10(9)12-11(15)13(2)7-8-14/h3-6,14H,7-8H2,1-2H3,(H,12,15). The molecule has 0 unspecified atom stereocenters. The van der Waals surface area contributed by atoms with E-state index < -0.39 is 0 Å². The Balaban J connectivity index is 2.62. The number of hydrogen-bond acceptors (Lipinski definition) is 2. The van der Waals surface area contributed by atoms with E-state index in [4.69, 9.17) is 17.3 Å². The number of rotatable bonds is 3. The molecule has 0 saturated heterocycles. The van der Waals surface area contributed by atoms with E-state index in [9.17, 15) is 0 Å². The second-order valence-electron chi connectivity index (χ2n) is 3.39. The van der Waals surface area contributed by atoms with Gasteiger partial charge in [-0.15, -0.1) is 0 Å². The maximum Gasteiger partial charge on any atom is 0.173 e. The molecule has 1 aromatic rings. The summed E-state index contributed by atoms with van der Waals surface area (Å²) in [6.07, 6.45) is 0. The van der Waals surface area contributed by atoms with Gasteiger partial charge in [-0.2, -0.15) is 0 Å². The number of aliphatic hydroxyl groups excluding tert-OH is 1. The van der Waals surface area contributed by atoms with E-state index in [2.05, 4.69) is 5.32 Å². The first kappa shape index (κ1) is 11.9. The topological polar surface area (TPSA) is 35.5 Å². The van der Waals surface area contributed by atoms with E-state index in [-0.39, 0.29) is 6.61 Å². The molecular formula is C11H16N2OS. The van der Waals surface area contributed by atoms with Crippen LogP contribution in [0, 0.1) is 6.92 Å². The fourth-order valence-corrected chi connectivity index (χ4v) is 1.38. The lowest BCUT2D eigenvalue weighted by Gasteiger charge is -2.20. The second kappa shape index (κ2) is 5.68. The van der Waals surface area contributed by atoms with E-state index in [1.54, 1.807) is 0 Å². The van der Waals surface area contributed by atoms with Crippen molar-refractivity contribution in [2.75, 3.05) is 25.5 Å². The average Bonchev–Trinajstić information content (AvgIpc) is 2.21. The molecule has 0 fully saturated rings. The Hall–Kier alpha value is -1.13. The van der Waals surface area contributed by atoms with Gasteiger partial charge in [-0.1, -0.05) is 18.2 Å². The molecule has 0 aliphatic heterocycles. The van der Waals surface area contributed by atoms with Gasteiger partial charge in [0.25, 0.3) is 0 Å². The molecule has 15 heavy (non-hydrogen) atoms. The molecule has 1 rings (SSSR count). The van der Waals surface area contributed by atoms with Crippen LogP contribution in [0.5, 0.6) is 0 Å². The molecule has 4 heteroatoms. The highest BCUT2D eigenvalue weighted by molar-refractivity contribution is 7.80. The fourth-order valence-electron chi connectivity index (χ4n) is 1.18. The van der Waals surface area contributed by atoms with Gasteiger partial charge in [-0.3, -0.25) is 0 Å². The number of aliphatic hydroxyl groups is 1. The SMILES string of the molecule is Cc1ccccc1NC(=S)N(C)CCO. The Morgan fingerprint density at radius 2 is 2.13 bits per heavy atom. The molecular weight excluding hydrogens is 208 g/mol. The van der Waals surface area contributed by atoms with E-state index in [0.717, 1.165) is 11.3 Å². The zero-order valence-corrected chi connectivity index (χ0v) is 9.84. The smallest absolute Gasteiger partial charge is 0.173 e. The van der Waals surface area contributed by atoms with E-state index in [1.165, 1.54) is 0 Å². The third-order valence-electron chi connectivity index (χ3n) is 2.17. The third-order valence-corrected chi connectivity index (χ3v) is 2.58. The minimum atomic E-state index is 0.103. The summed E-state index contributed by atoms with van der Waals surface area (Å²) in [4.78, 5) is 1.81. The fraction of sp³-hybridized carbons (Fsp3) is 0.364. The number of benzene rings is 1. The first-order chi connectivity index (χ1) is 7.15. The zero-order chi connectivity index (χ0) is 11.3. The number of aryl methyl sites for hydroxylation is 1. The van der Waals surface area contributed by atoms with Gasteiger partial charge in [-0.05, 0) is 30.8 Å². The van der Waals surface area contributed by atoms with Gasteiger partial charge < -0.3 is 15.3 Å². The molecule has 0 aliphatic rings. The number of nitrogens with zero attached hydrogens (tertiary/aromatic N) is 1. The number of nitrogens with one attached hydrogen (secondary N) is 1. The normalized spacial score (nSPS) is 9.80. The van der Waals surface area contributed by atoms with Crippen molar-refractivity contribution in [3.05, 3.63) is 29.8 Å². The van der Waals surface area contributed by atoms with Crippen LogP contribution in [0.1, 0.15) is 5.56 Å². The zero-order valence-electron chi connectivity index (χ0n) is 9.03. The average molecular weight is 224 g/mol. The summed E-state index contributed by atoms with van der Waals surface area (Å²) in [5, 5.41) is 12.5. The van der Waals surface area contributed by atoms with Crippen LogP contribution in [0.25, 0.3) is 0 Å². The van der Waals surface area contributed by atoms with Crippen LogP contribution in [0.3, 0.4) is 0 Å². The molecule has 82 valence electrons. The van der Waals surface area contributed by atoms with Gasteiger partial charge in [0.05, 0.1) is 6.61 Å².